The summed E-state index contributed by atoms with van der Waals surface area (Å²) >= 11 is 0. The average molecular weight is 271 g/mol. The molecule has 0 aromatic heterocycles. The summed E-state index contributed by atoms with van der Waals surface area (Å²) in [5.74, 6) is -0.117. The molecular formula is C14H25NO4. The van der Waals surface area contributed by atoms with Crippen LogP contribution in [0.1, 0.15) is 38.5 Å². The van der Waals surface area contributed by atoms with Crippen LogP contribution in [0.4, 0.5) is 0 Å². The number of esters is 1. The van der Waals surface area contributed by atoms with Crippen molar-refractivity contribution >= 4 is 5.97 Å². The number of hydrogen-bond donors (Lipinski definition) is 0. The molecule has 2 aliphatic heterocycles. The molecule has 0 aliphatic carbocycles. The highest BCUT2D eigenvalue weighted by Gasteiger charge is 2.29. The van der Waals surface area contributed by atoms with Crippen LogP contribution < -0.4 is 0 Å². The molecule has 0 radical (unpaired) electrons. The molecule has 0 saturated carbocycles. The monoisotopic (exact) mass is 271 g/mol. The second-order valence-corrected chi connectivity index (χ2v) is 5.24. The molecule has 0 N–H and O–H groups in total. The van der Waals surface area contributed by atoms with Gasteiger partial charge in [-0.15, -0.1) is 0 Å². The normalized spacial score (nSPS) is 29.1. The number of carbonyl (C=O) groups is 1. The lowest BCUT2D eigenvalue weighted by Gasteiger charge is -2.34. The van der Waals surface area contributed by atoms with Gasteiger partial charge in [0, 0.05) is 13.2 Å². The molecular weight excluding hydrogens is 246 g/mol. The molecule has 0 aromatic rings. The van der Waals surface area contributed by atoms with Gasteiger partial charge in [0.25, 0.3) is 0 Å². The highest BCUT2D eigenvalue weighted by Crippen LogP contribution is 2.18. The maximum Gasteiger partial charge on any atom is 0.323 e. The molecule has 2 heterocycles. The summed E-state index contributed by atoms with van der Waals surface area (Å²) in [6, 6.07) is -0.0883. The minimum atomic E-state index is -0.117. The number of piperidine rings is 1. The van der Waals surface area contributed by atoms with E-state index in [1.165, 1.54) is 13.5 Å². The first-order valence-electron chi connectivity index (χ1n) is 7.36. The minimum absolute atomic E-state index is 0.0462. The Morgan fingerprint density at radius 1 is 1.26 bits per heavy atom. The summed E-state index contributed by atoms with van der Waals surface area (Å²) in [6.45, 7) is 3.16. The molecule has 0 spiro atoms. The van der Waals surface area contributed by atoms with E-state index in [2.05, 4.69) is 4.90 Å². The van der Waals surface area contributed by atoms with E-state index in [1.807, 2.05) is 0 Å². The van der Waals surface area contributed by atoms with Crippen molar-refractivity contribution in [2.75, 3.05) is 33.4 Å². The first-order chi connectivity index (χ1) is 9.31. The molecule has 0 amide bonds. The highest BCUT2D eigenvalue weighted by molar-refractivity contribution is 5.75. The quantitative estimate of drug-likeness (QED) is 0.710. The molecule has 2 atom stereocenters. The number of ether oxygens (including phenoxy) is 3. The van der Waals surface area contributed by atoms with Crippen LogP contribution in [0, 0.1) is 0 Å². The van der Waals surface area contributed by atoms with E-state index in [0.29, 0.717) is 6.61 Å². The van der Waals surface area contributed by atoms with Crippen LogP contribution in [0.3, 0.4) is 0 Å². The van der Waals surface area contributed by atoms with Gasteiger partial charge in [0.15, 0.2) is 6.29 Å². The Bertz CT molecular complexity index is 279. The lowest BCUT2D eigenvalue weighted by molar-refractivity contribution is -0.167. The van der Waals surface area contributed by atoms with E-state index in [1.54, 1.807) is 0 Å². The minimum Gasteiger partial charge on any atom is -0.468 e. The zero-order valence-corrected chi connectivity index (χ0v) is 11.8. The molecule has 0 bridgehead atoms. The van der Waals surface area contributed by atoms with Gasteiger partial charge in [0.1, 0.15) is 6.04 Å². The smallest absolute Gasteiger partial charge is 0.323 e. The zero-order chi connectivity index (χ0) is 13.5. The van der Waals surface area contributed by atoms with Gasteiger partial charge in [0.05, 0.1) is 13.7 Å². The van der Waals surface area contributed by atoms with Crippen LogP contribution in [0.5, 0.6) is 0 Å². The van der Waals surface area contributed by atoms with Gasteiger partial charge < -0.3 is 14.2 Å². The lowest BCUT2D eigenvalue weighted by atomic mass is 10.0. The fraction of sp³-hybridized carbons (Fsp3) is 0.929. The predicted molar refractivity (Wildman–Crippen MR) is 70.8 cm³/mol. The van der Waals surface area contributed by atoms with E-state index < -0.39 is 0 Å². The van der Waals surface area contributed by atoms with Gasteiger partial charge in [-0.3, -0.25) is 9.69 Å². The van der Waals surface area contributed by atoms with E-state index in [0.717, 1.165) is 51.8 Å². The number of nitrogens with zero attached hydrogens (tertiary/aromatic N) is 1. The second-order valence-electron chi connectivity index (χ2n) is 5.24. The van der Waals surface area contributed by atoms with Crippen molar-refractivity contribution in [3.63, 3.8) is 0 Å². The van der Waals surface area contributed by atoms with Crippen LogP contribution in [-0.4, -0.2) is 56.6 Å². The second kappa shape index (κ2) is 7.82. The molecule has 19 heavy (non-hydrogen) atoms. The third kappa shape index (κ3) is 4.44. The van der Waals surface area contributed by atoms with Gasteiger partial charge >= 0.3 is 5.97 Å². The van der Waals surface area contributed by atoms with Crippen LogP contribution in [0.2, 0.25) is 0 Å². The number of hydrogen-bond acceptors (Lipinski definition) is 5. The molecule has 2 rings (SSSR count). The lowest BCUT2D eigenvalue weighted by Crippen LogP contribution is -2.46. The fourth-order valence-corrected chi connectivity index (χ4v) is 2.81. The van der Waals surface area contributed by atoms with Crippen molar-refractivity contribution in [1.82, 2.24) is 4.90 Å². The molecule has 2 aliphatic rings. The average Bonchev–Trinajstić information content (AvgIpc) is 2.48. The van der Waals surface area contributed by atoms with Crippen LogP contribution in [0.15, 0.2) is 0 Å². The van der Waals surface area contributed by atoms with Crippen LogP contribution >= 0.6 is 0 Å². The Balaban J connectivity index is 1.71. The van der Waals surface area contributed by atoms with Crippen molar-refractivity contribution < 1.29 is 19.0 Å². The summed E-state index contributed by atoms with van der Waals surface area (Å²) in [5.41, 5.74) is 0. The van der Waals surface area contributed by atoms with Gasteiger partial charge in [-0.2, -0.15) is 0 Å². The van der Waals surface area contributed by atoms with E-state index >= 15 is 0 Å². The summed E-state index contributed by atoms with van der Waals surface area (Å²) in [7, 11) is 1.46. The van der Waals surface area contributed by atoms with E-state index in [9.17, 15) is 4.79 Å². The van der Waals surface area contributed by atoms with Crippen LogP contribution in [0.25, 0.3) is 0 Å². The van der Waals surface area contributed by atoms with Gasteiger partial charge in [-0.05, 0) is 38.6 Å². The summed E-state index contributed by atoms with van der Waals surface area (Å²) in [4.78, 5) is 13.9. The molecule has 2 saturated heterocycles. The van der Waals surface area contributed by atoms with Crippen molar-refractivity contribution in [2.45, 2.75) is 50.9 Å². The van der Waals surface area contributed by atoms with Crippen molar-refractivity contribution in [1.29, 1.82) is 0 Å². The van der Waals surface area contributed by atoms with Crippen molar-refractivity contribution in [3.05, 3.63) is 0 Å². The van der Waals surface area contributed by atoms with Gasteiger partial charge in [0.2, 0.25) is 0 Å². The van der Waals surface area contributed by atoms with E-state index in [4.69, 9.17) is 14.2 Å². The Kier molecular flexibility index (Phi) is 6.07. The Hall–Kier alpha value is -0.650. The first kappa shape index (κ1) is 14.8. The Labute approximate surface area is 115 Å². The highest BCUT2D eigenvalue weighted by atomic mass is 16.7. The maximum absolute atomic E-state index is 11.7. The summed E-state index contributed by atoms with van der Waals surface area (Å²) < 4.78 is 16.1. The van der Waals surface area contributed by atoms with Crippen molar-refractivity contribution in [3.8, 4) is 0 Å². The number of likely N-dealkylation sites (tertiary alicyclic amines) is 1. The van der Waals surface area contributed by atoms with Gasteiger partial charge in [-0.1, -0.05) is 6.42 Å². The SMILES string of the molecule is COC(=O)C1CCCCN1CCOC1CCCCO1. The van der Waals surface area contributed by atoms with Gasteiger partial charge in [-0.25, -0.2) is 0 Å². The number of carbonyl (C=O) groups excluding carboxylic acids is 1. The Morgan fingerprint density at radius 2 is 2.11 bits per heavy atom. The standard InChI is InChI=1S/C14H25NO4/c1-17-14(16)12-6-2-4-8-15(12)9-11-19-13-7-3-5-10-18-13/h12-13H,2-11H2,1H3. The zero-order valence-electron chi connectivity index (χ0n) is 11.8. The summed E-state index contributed by atoms with van der Waals surface area (Å²) in [6.07, 6.45) is 6.40. The molecule has 2 unspecified atom stereocenters. The largest absolute Gasteiger partial charge is 0.468 e. The third-order valence-corrected chi connectivity index (χ3v) is 3.91. The number of methoxy groups -OCH3 is 1. The molecule has 0 aromatic carbocycles. The molecule has 110 valence electrons. The van der Waals surface area contributed by atoms with Crippen molar-refractivity contribution in [2.24, 2.45) is 0 Å². The molecule has 2 fully saturated rings. The van der Waals surface area contributed by atoms with E-state index in [-0.39, 0.29) is 18.3 Å². The summed E-state index contributed by atoms with van der Waals surface area (Å²) in [5, 5.41) is 0. The molecule has 5 nitrogen and oxygen atoms in total. The first-order valence-corrected chi connectivity index (χ1v) is 7.36. The number of rotatable bonds is 5. The third-order valence-electron chi connectivity index (χ3n) is 3.91. The maximum atomic E-state index is 11.7. The molecule has 5 heteroatoms. The topological polar surface area (TPSA) is 48.0 Å². The predicted octanol–water partition coefficient (Wildman–Crippen LogP) is 1.56. The van der Waals surface area contributed by atoms with Crippen LogP contribution in [-0.2, 0) is 19.0 Å². The fourth-order valence-electron chi connectivity index (χ4n) is 2.81. The Morgan fingerprint density at radius 3 is 2.84 bits per heavy atom.